The Morgan fingerprint density at radius 2 is 1.72 bits per heavy atom. The van der Waals surface area contributed by atoms with Crippen molar-refractivity contribution in [2.45, 2.75) is 62.8 Å². The maximum absolute atomic E-state index is 11.8. The minimum atomic E-state index is -1.03. The summed E-state index contributed by atoms with van der Waals surface area (Å²) in [6, 6.07) is 12.1. The molecule has 2 bridgehead atoms. The van der Waals surface area contributed by atoms with Gasteiger partial charge in [0.15, 0.2) is 0 Å². The minimum absolute atomic E-state index is 0.00755. The molecule has 2 aromatic carbocycles. The van der Waals surface area contributed by atoms with Crippen molar-refractivity contribution in [1.29, 1.82) is 0 Å². The molecule has 0 saturated heterocycles. The first-order valence-corrected chi connectivity index (χ1v) is 13.2. The van der Waals surface area contributed by atoms with Gasteiger partial charge in [0.1, 0.15) is 11.5 Å². The van der Waals surface area contributed by atoms with Crippen LogP contribution < -0.4 is 0 Å². The quantitative estimate of drug-likeness (QED) is 0.350. The predicted octanol–water partition coefficient (Wildman–Crippen LogP) is 6.82. The van der Waals surface area contributed by atoms with Gasteiger partial charge in [0.05, 0.1) is 33.9 Å². The van der Waals surface area contributed by atoms with E-state index in [2.05, 4.69) is 5.16 Å². The molecule has 8 heteroatoms. The zero-order chi connectivity index (χ0) is 25.0. The van der Waals surface area contributed by atoms with Crippen LogP contribution in [0.4, 0.5) is 0 Å². The molecule has 3 aliphatic carbocycles. The first-order valence-electron chi connectivity index (χ1n) is 12.5. The highest BCUT2D eigenvalue weighted by molar-refractivity contribution is 6.39. The average Bonchev–Trinajstić information content (AvgIpc) is 3.60. The second-order valence-electron chi connectivity index (χ2n) is 10.3. The van der Waals surface area contributed by atoms with E-state index < -0.39 is 11.6 Å². The van der Waals surface area contributed by atoms with Crippen LogP contribution >= 0.6 is 23.2 Å². The molecule has 0 unspecified atom stereocenters. The Morgan fingerprint density at radius 1 is 1.06 bits per heavy atom. The SMILES string of the molecule is O=C(O)c1cccc([C@]2(O)[C@@H]3CC[C@H]2C[C@H](OCc2c(-c4c(Cl)cccc4Cl)noc2C2CC2)C3)c1. The number of hydrogen-bond donors (Lipinski definition) is 2. The molecule has 6 nitrogen and oxygen atoms in total. The van der Waals surface area contributed by atoms with E-state index in [0.717, 1.165) is 37.0 Å². The van der Waals surface area contributed by atoms with Crippen molar-refractivity contribution in [2.24, 2.45) is 11.8 Å². The smallest absolute Gasteiger partial charge is 0.335 e. The fourth-order valence-corrected chi connectivity index (χ4v) is 6.84. The van der Waals surface area contributed by atoms with Gasteiger partial charge in [-0.3, -0.25) is 0 Å². The number of rotatable bonds is 7. The van der Waals surface area contributed by atoms with E-state index in [1.54, 1.807) is 36.4 Å². The molecule has 0 amide bonds. The van der Waals surface area contributed by atoms with E-state index in [-0.39, 0.29) is 23.5 Å². The first kappa shape index (κ1) is 24.0. The van der Waals surface area contributed by atoms with Crippen LogP contribution in [0.5, 0.6) is 0 Å². The molecule has 188 valence electrons. The van der Waals surface area contributed by atoms with Gasteiger partial charge in [0, 0.05) is 17.0 Å². The molecule has 2 N–H and O–H groups in total. The number of nitrogens with zero attached hydrogens (tertiary/aromatic N) is 1. The van der Waals surface area contributed by atoms with Crippen molar-refractivity contribution in [3.8, 4) is 11.3 Å². The van der Waals surface area contributed by atoms with Gasteiger partial charge >= 0.3 is 5.97 Å². The van der Waals surface area contributed by atoms with Gasteiger partial charge < -0.3 is 19.5 Å². The Kier molecular flexibility index (Phi) is 6.11. The highest BCUT2D eigenvalue weighted by atomic mass is 35.5. The van der Waals surface area contributed by atoms with Gasteiger partial charge in [-0.2, -0.15) is 0 Å². The standard InChI is InChI=1S/C28H27Cl2NO5/c29-22-5-2-6-23(30)24(22)25-21(26(36-31-25)15-7-8-15)14-35-20-12-18-9-10-19(13-20)28(18,34)17-4-1-3-16(11-17)27(32)33/h1-6,11,15,18-20,34H,7-10,12-14H2,(H,32,33)/t18-,19+,20-,28+. The van der Waals surface area contributed by atoms with Gasteiger partial charge in [-0.05, 0) is 80.2 Å². The molecule has 4 atom stereocenters. The summed E-state index contributed by atoms with van der Waals surface area (Å²) < 4.78 is 12.2. The maximum atomic E-state index is 11.8. The first-order chi connectivity index (χ1) is 17.4. The van der Waals surface area contributed by atoms with Gasteiger partial charge in [-0.1, -0.05) is 46.6 Å². The van der Waals surface area contributed by atoms with E-state index in [0.29, 0.717) is 52.2 Å². The van der Waals surface area contributed by atoms with Crippen LogP contribution in [0.15, 0.2) is 47.0 Å². The number of aromatic carboxylic acids is 1. The molecule has 1 aromatic heterocycles. The second-order valence-corrected chi connectivity index (χ2v) is 11.1. The summed E-state index contributed by atoms with van der Waals surface area (Å²) in [6.45, 7) is 0.337. The molecule has 3 saturated carbocycles. The molecular formula is C28H27Cl2NO5. The largest absolute Gasteiger partial charge is 0.478 e. The molecule has 3 fully saturated rings. The molecule has 3 aromatic rings. The van der Waals surface area contributed by atoms with E-state index in [9.17, 15) is 15.0 Å². The summed E-state index contributed by atoms with van der Waals surface area (Å²) in [4.78, 5) is 11.5. The number of aromatic nitrogens is 1. The third-order valence-corrected chi connectivity index (χ3v) is 8.83. The molecule has 6 rings (SSSR count). The Labute approximate surface area is 219 Å². The fourth-order valence-electron chi connectivity index (χ4n) is 6.26. The monoisotopic (exact) mass is 527 g/mol. The van der Waals surface area contributed by atoms with Crippen LogP contribution in [0.3, 0.4) is 0 Å². The topological polar surface area (TPSA) is 92.8 Å². The lowest BCUT2D eigenvalue weighted by Crippen LogP contribution is -2.44. The summed E-state index contributed by atoms with van der Waals surface area (Å²) >= 11 is 13.0. The van der Waals surface area contributed by atoms with Crippen LogP contribution in [0, 0.1) is 11.8 Å². The molecule has 0 radical (unpaired) electrons. The second kappa shape index (κ2) is 9.18. The minimum Gasteiger partial charge on any atom is -0.478 e. The van der Waals surface area contributed by atoms with Crippen LogP contribution in [-0.2, 0) is 16.9 Å². The van der Waals surface area contributed by atoms with Crippen LogP contribution in [0.1, 0.15) is 71.7 Å². The molecule has 1 heterocycles. The van der Waals surface area contributed by atoms with Crippen LogP contribution in [-0.4, -0.2) is 27.4 Å². The normalized spacial score (nSPS) is 27.4. The molecule has 0 aliphatic heterocycles. The number of carboxylic acids is 1. The average molecular weight is 528 g/mol. The van der Waals surface area contributed by atoms with Crippen molar-refractivity contribution in [3.63, 3.8) is 0 Å². The summed E-state index contributed by atoms with van der Waals surface area (Å²) in [5.41, 5.74) is 2.05. The highest BCUT2D eigenvalue weighted by Crippen LogP contribution is 2.56. The lowest BCUT2D eigenvalue weighted by molar-refractivity contribution is -0.116. The summed E-state index contributed by atoms with van der Waals surface area (Å²) in [7, 11) is 0. The third kappa shape index (κ3) is 4.04. The number of ether oxygens (including phenoxy) is 1. The lowest BCUT2D eigenvalue weighted by Gasteiger charge is -2.43. The van der Waals surface area contributed by atoms with Crippen molar-refractivity contribution >= 4 is 29.2 Å². The van der Waals surface area contributed by atoms with E-state index in [4.69, 9.17) is 32.5 Å². The molecular weight excluding hydrogens is 501 g/mol. The van der Waals surface area contributed by atoms with E-state index >= 15 is 0 Å². The Bertz CT molecular complexity index is 1280. The van der Waals surface area contributed by atoms with Gasteiger partial charge in [-0.25, -0.2) is 4.79 Å². The zero-order valence-corrected chi connectivity index (χ0v) is 21.1. The summed E-state index contributed by atoms with van der Waals surface area (Å²) in [5.74, 6) is 0.225. The van der Waals surface area contributed by atoms with E-state index in [1.807, 2.05) is 6.07 Å². The highest BCUT2D eigenvalue weighted by Gasteiger charge is 2.54. The molecule has 0 spiro atoms. The van der Waals surface area contributed by atoms with Crippen molar-refractivity contribution < 1.29 is 24.3 Å². The number of hydrogen-bond acceptors (Lipinski definition) is 5. The summed E-state index contributed by atoms with van der Waals surface area (Å²) in [5, 5.41) is 26.6. The number of halogens is 2. The maximum Gasteiger partial charge on any atom is 0.335 e. The van der Waals surface area contributed by atoms with Gasteiger partial charge in [-0.15, -0.1) is 0 Å². The van der Waals surface area contributed by atoms with Crippen LogP contribution in [0.25, 0.3) is 11.3 Å². The summed E-state index contributed by atoms with van der Waals surface area (Å²) in [6.07, 6.45) is 5.29. The molecule has 3 aliphatic rings. The number of carbonyl (C=O) groups is 1. The zero-order valence-electron chi connectivity index (χ0n) is 19.6. The van der Waals surface area contributed by atoms with Gasteiger partial charge in [0.25, 0.3) is 0 Å². The van der Waals surface area contributed by atoms with Crippen molar-refractivity contribution in [1.82, 2.24) is 5.16 Å². The van der Waals surface area contributed by atoms with E-state index in [1.165, 1.54) is 0 Å². The lowest BCUT2D eigenvalue weighted by atomic mass is 9.69. The molecule has 36 heavy (non-hydrogen) atoms. The number of fused-ring (bicyclic) bond motifs is 2. The van der Waals surface area contributed by atoms with Crippen molar-refractivity contribution in [2.75, 3.05) is 0 Å². The Hall–Kier alpha value is -2.38. The number of benzene rings is 2. The van der Waals surface area contributed by atoms with Crippen LogP contribution in [0.2, 0.25) is 10.0 Å². The predicted molar refractivity (Wildman–Crippen MR) is 135 cm³/mol. The van der Waals surface area contributed by atoms with Crippen molar-refractivity contribution in [3.05, 3.63) is 75.0 Å². The Morgan fingerprint density at radius 3 is 2.36 bits per heavy atom. The Balaban J connectivity index is 1.23. The third-order valence-electron chi connectivity index (χ3n) is 8.20. The number of carboxylic acid groups (broad SMARTS) is 1. The van der Waals surface area contributed by atoms with Gasteiger partial charge in [0.2, 0.25) is 0 Å². The number of aliphatic hydroxyl groups is 1. The fraction of sp³-hybridized carbons (Fsp3) is 0.429.